The number of aromatic carboxylic acids is 1. The van der Waals surface area contributed by atoms with Crippen LogP contribution in [0.4, 0.5) is 17.2 Å². The Morgan fingerprint density at radius 2 is 2.28 bits per heavy atom. The summed E-state index contributed by atoms with van der Waals surface area (Å²) in [4.78, 5) is 11.0. The van der Waals surface area contributed by atoms with Crippen molar-refractivity contribution in [1.82, 2.24) is 9.78 Å². The van der Waals surface area contributed by atoms with E-state index in [2.05, 4.69) is 10.4 Å². The summed E-state index contributed by atoms with van der Waals surface area (Å²) in [6, 6.07) is 4.92. The summed E-state index contributed by atoms with van der Waals surface area (Å²) < 4.78 is 1.43. The first-order chi connectivity index (χ1) is 8.49. The molecule has 0 radical (unpaired) electrons. The zero-order chi connectivity index (χ0) is 13.3. The Morgan fingerprint density at radius 3 is 2.89 bits per heavy atom. The number of nitrogens with two attached hydrogens (primary N) is 1. The molecule has 0 aliphatic rings. The molecule has 0 saturated carbocycles. The smallest absolute Gasteiger partial charge is 0.341 e. The maximum absolute atomic E-state index is 11.0. The van der Waals surface area contributed by atoms with Crippen LogP contribution in [-0.2, 0) is 7.05 Å². The molecule has 2 rings (SSSR count). The number of carboxylic acid groups (broad SMARTS) is 1. The van der Waals surface area contributed by atoms with Gasteiger partial charge in [0.25, 0.3) is 0 Å². The maximum atomic E-state index is 11.0. The summed E-state index contributed by atoms with van der Waals surface area (Å²) in [6.07, 6.45) is 1.27. The van der Waals surface area contributed by atoms with E-state index < -0.39 is 5.97 Å². The molecular weight excluding hydrogens is 256 g/mol. The van der Waals surface area contributed by atoms with E-state index in [1.165, 1.54) is 10.9 Å². The van der Waals surface area contributed by atoms with E-state index in [0.29, 0.717) is 22.2 Å². The second-order valence-electron chi connectivity index (χ2n) is 3.69. The van der Waals surface area contributed by atoms with Gasteiger partial charge in [0.05, 0.1) is 17.6 Å². The normalized spacial score (nSPS) is 10.3. The molecule has 0 unspecified atom stereocenters. The molecule has 0 spiro atoms. The molecule has 0 fully saturated rings. The van der Waals surface area contributed by atoms with E-state index in [1.54, 1.807) is 25.2 Å². The highest BCUT2D eigenvalue weighted by Crippen LogP contribution is 2.27. The topological polar surface area (TPSA) is 93.2 Å². The van der Waals surface area contributed by atoms with Gasteiger partial charge < -0.3 is 16.2 Å². The van der Waals surface area contributed by atoms with Gasteiger partial charge >= 0.3 is 5.97 Å². The average Bonchev–Trinajstić information content (AvgIpc) is 2.64. The molecule has 6 nitrogen and oxygen atoms in total. The van der Waals surface area contributed by atoms with Crippen LogP contribution in [0.3, 0.4) is 0 Å². The number of anilines is 3. The lowest BCUT2D eigenvalue weighted by Crippen LogP contribution is -2.06. The fraction of sp³-hybridized carbons (Fsp3) is 0.0909. The van der Waals surface area contributed by atoms with Crippen molar-refractivity contribution in [3.8, 4) is 0 Å². The first kappa shape index (κ1) is 12.3. The lowest BCUT2D eigenvalue weighted by atomic mass is 10.2. The number of aryl methyl sites for hydroxylation is 1. The number of hydrogen-bond acceptors (Lipinski definition) is 4. The fourth-order valence-corrected chi connectivity index (χ4v) is 1.70. The first-order valence-electron chi connectivity index (χ1n) is 5.06. The number of halogens is 1. The van der Waals surface area contributed by atoms with Crippen molar-refractivity contribution in [2.75, 3.05) is 11.1 Å². The molecule has 0 aliphatic carbocycles. The number of nitrogens with one attached hydrogen (secondary N) is 1. The van der Waals surface area contributed by atoms with Gasteiger partial charge in [0, 0.05) is 12.1 Å². The number of hydrogen-bond donors (Lipinski definition) is 3. The molecule has 1 aromatic heterocycles. The summed E-state index contributed by atoms with van der Waals surface area (Å²) in [7, 11) is 1.64. The summed E-state index contributed by atoms with van der Waals surface area (Å²) in [5, 5.41) is 16.4. The Bertz CT molecular complexity index is 609. The summed E-state index contributed by atoms with van der Waals surface area (Å²) in [6.45, 7) is 0. The number of aromatic nitrogens is 2. The number of nitrogen functional groups attached to an aromatic ring is 1. The summed E-state index contributed by atoms with van der Waals surface area (Å²) in [5.41, 5.74) is 6.87. The van der Waals surface area contributed by atoms with Gasteiger partial charge in [0.15, 0.2) is 0 Å². The average molecular weight is 267 g/mol. The monoisotopic (exact) mass is 266 g/mol. The molecule has 1 heterocycles. The molecule has 0 bridgehead atoms. The molecule has 4 N–H and O–H groups in total. The van der Waals surface area contributed by atoms with Crippen LogP contribution in [0, 0.1) is 0 Å². The second kappa shape index (κ2) is 4.58. The lowest BCUT2D eigenvalue weighted by Gasteiger charge is -2.10. The SMILES string of the molecule is Cn1ncc(C(=O)O)c1Nc1ccc(Cl)cc1N. The van der Waals surface area contributed by atoms with Gasteiger partial charge in [-0.05, 0) is 18.2 Å². The van der Waals surface area contributed by atoms with Gasteiger partial charge in [-0.1, -0.05) is 11.6 Å². The van der Waals surface area contributed by atoms with Gasteiger partial charge in [-0.15, -0.1) is 0 Å². The third kappa shape index (κ3) is 2.23. The van der Waals surface area contributed by atoms with Gasteiger partial charge in [-0.3, -0.25) is 4.68 Å². The van der Waals surface area contributed by atoms with Crippen molar-refractivity contribution in [2.45, 2.75) is 0 Å². The van der Waals surface area contributed by atoms with Crippen molar-refractivity contribution < 1.29 is 9.90 Å². The van der Waals surface area contributed by atoms with Crippen LogP contribution in [0.1, 0.15) is 10.4 Å². The Labute approximate surface area is 108 Å². The minimum Gasteiger partial charge on any atom is -0.477 e. The van der Waals surface area contributed by atoms with Crippen LogP contribution in [-0.4, -0.2) is 20.9 Å². The van der Waals surface area contributed by atoms with Gasteiger partial charge in [-0.2, -0.15) is 5.10 Å². The van der Waals surface area contributed by atoms with Gasteiger partial charge in [0.2, 0.25) is 0 Å². The largest absolute Gasteiger partial charge is 0.477 e. The van der Waals surface area contributed by atoms with Crippen LogP contribution >= 0.6 is 11.6 Å². The quantitative estimate of drug-likeness (QED) is 0.740. The van der Waals surface area contributed by atoms with Crippen molar-refractivity contribution in [2.24, 2.45) is 7.05 Å². The molecule has 2 aromatic rings. The fourth-order valence-electron chi connectivity index (χ4n) is 1.52. The second-order valence-corrected chi connectivity index (χ2v) is 4.13. The van der Waals surface area contributed by atoms with Crippen molar-refractivity contribution >= 4 is 34.8 Å². The van der Waals surface area contributed by atoms with E-state index in [1.807, 2.05) is 0 Å². The minimum absolute atomic E-state index is 0.0758. The standard InChI is InChI=1S/C11H11ClN4O2/c1-16-10(7(5-14-16)11(17)18)15-9-3-2-6(12)4-8(9)13/h2-5,15H,13H2,1H3,(H,17,18). The van der Waals surface area contributed by atoms with Crippen molar-refractivity contribution in [3.63, 3.8) is 0 Å². The molecule has 0 atom stereocenters. The highest BCUT2D eigenvalue weighted by molar-refractivity contribution is 6.31. The van der Waals surface area contributed by atoms with E-state index in [0.717, 1.165) is 0 Å². The van der Waals surface area contributed by atoms with Crippen LogP contribution in [0.15, 0.2) is 24.4 Å². The Kier molecular flexibility index (Phi) is 3.12. The third-order valence-corrected chi connectivity index (χ3v) is 2.67. The Morgan fingerprint density at radius 1 is 1.56 bits per heavy atom. The number of carbonyl (C=O) groups is 1. The Hall–Kier alpha value is -2.21. The predicted octanol–water partition coefficient (Wildman–Crippen LogP) is 2.10. The van der Waals surface area contributed by atoms with E-state index in [-0.39, 0.29) is 5.56 Å². The molecule has 0 aliphatic heterocycles. The molecule has 94 valence electrons. The number of carboxylic acids is 1. The predicted molar refractivity (Wildman–Crippen MR) is 69.3 cm³/mol. The van der Waals surface area contributed by atoms with Crippen LogP contribution < -0.4 is 11.1 Å². The van der Waals surface area contributed by atoms with Crippen LogP contribution in [0.2, 0.25) is 5.02 Å². The molecular formula is C11H11ClN4O2. The summed E-state index contributed by atoms with van der Waals surface area (Å²) >= 11 is 5.79. The molecule has 1 aromatic carbocycles. The van der Waals surface area contributed by atoms with Gasteiger partial charge in [0.1, 0.15) is 11.4 Å². The number of rotatable bonds is 3. The Balaban J connectivity index is 2.39. The molecule has 0 saturated heterocycles. The van der Waals surface area contributed by atoms with Gasteiger partial charge in [-0.25, -0.2) is 4.79 Å². The minimum atomic E-state index is -1.06. The zero-order valence-electron chi connectivity index (χ0n) is 9.51. The van der Waals surface area contributed by atoms with Crippen LogP contribution in [0.25, 0.3) is 0 Å². The van der Waals surface area contributed by atoms with Crippen molar-refractivity contribution in [3.05, 3.63) is 35.0 Å². The maximum Gasteiger partial charge on any atom is 0.341 e. The zero-order valence-corrected chi connectivity index (χ0v) is 10.3. The van der Waals surface area contributed by atoms with E-state index in [9.17, 15) is 4.79 Å². The van der Waals surface area contributed by atoms with E-state index >= 15 is 0 Å². The summed E-state index contributed by atoms with van der Waals surface area (Å²) in [5.74, 6) is -0.699. The third-order valence-electron chi connectivity index (χ3n) is 2.44. The molecule has 0 amide bonds. The molecule has 7 heteroatoms. The highest BCUT2D eigenvalue weighted by Gasteiger charge is 2.15. The van der Waals surface area contributed by atoms with E-state index in [4.69, 9.17) is 22.4 Å². The van der Waals surface area contributed by atoms with Crippen LogP contribution in [0.5, 0.6) is 0 Å². The van der Waals surface area contributed by atoms with Crippen molar-refractivity contribution in [1.29, 1.82) is 0 Å². The number of benzene rings is 1. The lowest BCUT2D eigenvalue weighted by molar-refractivity contribution is 0.0698. The number of nitrogens with zero attached hydrogens (tertiary/aromatic N) is 2. The molecule has 18 heavy (non-hydrogen) atoms. The highest BCUT2D eigenvalue weighted by atomic mass is 35.5. The first-order valence-corrected chi connectivity index (χ1v) is 5.44.